The second-order valence-electron chi connectivity index (χ2n) is 10.6. The van der Waals surface area contributed by atoms with Gasteiger partial charge in [0.15, 0.2) is 0 Å². The molecule has 1 heterocycles. The smallest absolute Gasteiger partial charge is 0.220 e. The second kappa shape index (κ2) is 8.77. The SMILES string of the molecule is C[C@]12CCC3c4cccc(F)c4CCC3C1[C@H](CCC(=O)NC1CCOCC1)C/C2=N\[O-]. The summed E-state index contributed by atoms with van der Waals surface area (Å²) in [7, 11) is 0. The number of hydrogen-bond acceptors (Lipinski definition) is 4. The predicted octanol–water partition coefficient (Wildman–Crippen LogP) is 4.92. The molecular weight excluding hydrogens is 407 g/mol. The van der Waals surface area contributed by atoms with Crippen LogP contribution in [0.5, 0.6) is 0 Å². The Balaban J connectivity index is 1.33. The minimum Gasteiger partial charge on any atom is -0.792 e. The second-order valence-corrected chi connectivity index (χ2v) is 10.6. The van der Waals surface area contributed by atoms with E-state index in [1.807, 2.05) is 6.07 Å². The van der Waals surface area contributed by atoms with Crippen molar-refractivity contribution in [3.63, 3.8) is 0 Å². The van der Waals surface area contributed by atoms with Crippen molar-refractivity contribution in [1.82, 2.24) is 5.32 Å². The van der Waals surface area contributed by atoms with Crippen LogP contribution in [0.3, 0.4) is 0 Å². The average molecular weight is 442 g/mol. The van der Waals surface area contributed by atoms with Crippen molar-refractivity contribution in [2.75, 3.05) is 13.2 Å². The standard InChI is InChI=1S/C26H35FN2O3/c1-26-12-9-19-18-3-2-4-22(27)20(18)6-7-21(19)25(26)16(15-23(26)29-31)5-8-24(30)28-17-10-13-32-14-11-17/h2-4,16-17,19,21,25,31H,5-15H2,1H3,(H,28,30)/p-1/b29-23+/t16-,19?,21?,25?,26-/m1/s1. The van der Waals surface area contributed by atoms with Crippen LogP contribution in [0.1, 0.15) is 75.3 Å². The molecule has 6 heteroatoms. The number of amides is 1. The van der Waals surface area contributed by atoms with Gasteiger partial charge in [0.2, 0.25) is 5.91 Å². The summed E-state index contributed by atoms with van der Waals surface area (Å²) in [5.74, 6) is 1.42. The van der Waals surface area contributed by atoms with Crippen molar-refractivity contribution in [3.8, 4) is 0 Å². The summed E-state index contributed by atoms with van der Waals surface area (Å²) in [5.41, 5.74) is 2.67. The zero-order valence-corrected chi connectivity index (χ0v) is 18.9. The van der Waals surface area contributed by atoms with Crippen LogP contribution in [0, 0.1) is 34.2 Å². The van der Waals surface area contributed by atoms with Crippen LogP contribution >= 0.6 is 0 Å². The number of nitrogens with zero attached hydrogens (tertiary/aromatic N) is 1. The lowest BCUT2D eigenvalue weighted by Crippen LogP contribution is -2.44. The number of nitrogens with one attached hydrogen (secondary N) is 1. The topological polar surface area (TPSA) is 73.8 Å². The highest BCUT2D eigenvalue weighted by Crippen LogP contribution is 2.62. The van der Waals surface area contributed by atoms with Crippen LogP contribution < -0.4 is 5.32 Å². The van der Waals surface area contributed by atoms with Gasteiger partial charge in [0.05, 0.1) is 0 Å². The summed E-state index contributed by atoms with van der Waals surface area (Å²) < 4.78 is 19.8. The molecule has 1 saturated heterocycles. The Morgan fingerprint density at radius 3 is 2.88 bits per heavy atom. The maximum Gasteiger partial charge on any atom is 0.220 e. The van der Waals surface area contributed by atoms with Gasteiger partial charge in [-0.3, -0.25) is 4.79 Å². The Bertz CT molecular complexity index is 897. The van der Waals surface area contributed by atoms with E-state index in [2.05, 4.69) is 23.5 Å². The molecule has 1 N–H and O–H groups in total. The molecule has 5 rings (SSSR count). The number of carbonyl (C=O) groups is 1. The fourth-order valence-electron chi connectivity index (χ4n) is 7.52. The number of halogens is 1. The largest absolute Gasteiger partial charge is 0.792 e. The molecule has 4 aliphatic rings. The van der Waals surface area contributed by atoms with Gasteiger partial charge in [-0.15, -0.1) is 0 Å². The lowest BCUT2D eigenvalue weighted by Gasteiger charge is -2.50. The van der Waals surface area contributed by atoms with Gasteiger partial charge in [0, 0.05) is 36.8 Å². The molecule has 3 fully saturated rings. The van der Waals surface area contributed by atoms with Crippen LogP contribution in [0.2, 0.25) is 0 Å². The summed E-state index contributed by atoms with van der Waals surface area (Å²) in [6.07, 6.45) is 7.34. The van der Waals surface area contributed by atoms with Crippen LogP contribution in [0.4, 0.5) is 4.39 Å². The van der Waals surface area contributed by atoms with Crippen molar-refractivity contribution in [3.05, 3.63) is 40.4 Å². The van der Waals surface area contributed by atoms with E-state index in [1.54, 1.807) is 6.07 Å². The van der Waals surface area contributed by atoms with Gasteiger partial charge < -0.3 is 20.4 Å². The minimum absolute atomic E-state index is 0.0798. The Kier molecular flexibility index (Phi) is 5.99. The molecule has 1 amide bonds. The lowest BCUT2D eigenvalue weighted by molar-refractivity contribution is -0.122. The van der Waals surface area contributed by atoms with Gasteiger partial charge in [-0.05, 0) is 92.2 Å². The zero-order chi connectivity index (χ0) is 22.3. The molecular formula is C26H34FN2O3-. The first-order valence-electron chi connectivity index (χ1n) is 12.4. The molecule has 5 nitrogen and oxygen atoms in total. The van der Waals surface area contributed by atoms with Gasteiger partial charge in [-0.2, -0.15) is 0 Å². The Morgan fingerprint density at radius 1 is 1.28 bits per heavy atom. The fraction of sp³-hybridized carbons (Fsp3) is 0.692. The number of carbonyl (C=O) groups excluding carboxylic acids is 1. The number of ether oxygens (including phenoxy) is 1. The normalized spacial score (nSPS) is 35.8. The molecule has 5 atom stereocenters. The van der Waals surface area contributed by atoms with E-state index in [1.165, 1.54) is 5.56 Å². The first-order valence-corrected chi connectivity index (χ1v) is 12.4. The zero-order valence-electron chi connectivity index (χ0n) is 18.9. The molecule has 1 aromatic rings. The monoisotopic (exact) mass is 441 g/mol. The summed E-state index contributed by atoms with van der Waals surface area (Å²) >= 11 is 0. The van der Waals surface area contributed by atoms with Crippen molar-refractivity contribution >= 4 is 11.6 Å². The van der Waals surface area contributed by atoms with Crippen molar-refractivity contribution in [1.29, 1.82) is 0 Å². The van der Waals surface area contributed by atoms with E-state index < -0.39 is 0 Å². The summed E-state index contributed by atoms with van der Waals surface area (Å²) in [6, 6.07) is 5.73. The Labute approximate surface area is 189 Å². The quantitative estimate of drug-likeness (QED) is 0.674. The third-order valence-corrected chi connectivity index (χ3v) is 9.03. The average Bonchev–Trinajstić information content (AvgIpc) is 3.10. The molecule has 3 aliphatic carbocycles. The number of hydrogen-bond donors (Lipinski definition) is 1. The van der Waals surface area contributed by atoms with Gasteiger partial charge in [0.25, 0.3) is 0 Å². The van der Waals surface area contributed by atoms with E-state index in [0.29, 0.717) is 43.8 Å². The summed E-state index contributed by atoms with van der Waals surface area (Å²) in [5, 5.41) is 18.5. The highest BCUT2D eigenvalue weighted by molar-refractivity contribution is 5.93. The van der Waals surface area contributed by atoms with E-state index in [0.717, 1.165) is 56.2 Å². The number of rotatable bonds is 4. The maximum absolute atomic E-state index is 14.5. The molecule has 0 spiro atoms. The maximum atomic E-state index is 14.5. The van der Waals surface area contributed by atoms with Crippen LogP contribution in [-0.4, -0.2) is 30.9 Å². The molecule has 174 valence electrons. The van der Waals surface area contributed by atoms with Crippen molar-refractivity contribution in [2.45, 2.75) is 76.7 Å². The minimum atomic E-state index is -0.185. The molecule has 1 aliphatic heterocycles. The highest BCUT2D eigenvalue weighted by Gasteiger charge is 2.57. The van der Waals surface area contributed by atoms with Gasteiger partial charge in [0.1, 0.15) is 5.82 Å². The third kappa shape index (κ3) is 3.74. The Hall–Kier alpha value is -1.95. The van der Waals surface area contributed by atoms with Gasteiger partial charge in [-0.25, -0.2) is 4.39 Å². The predicted molar refractivity (Wildman–Crippen MR) is 122 cm³/mol. The molecule has 32 heavy (non-hydrogen) atoms. The number of fused-ring (bicyclic) bond motifs is 5. The van der Waals surface area contributed by atoms with Crippen molar-refractivity contribution < 1.29 is 13.9 Å². The fourth-order valence-corrected chi connectivity index (χ4v) is 7.52. The third-order valence-electron chi connectivity index (χ3n) is 9.03. The highest BCUT2D eigenvalue weighted by atomic mass is 19.1. The molecule has 0 bridgehead atoms. The van der Waals surface area contributed by atoms with E-state index in [-0.39, 0.29) is 29.1 Å². The van der Waals surface area contributed by atoms with Gasteiger partial charge >= 0.3 is 0 Å². The van der Waals surface area contributed by atoms with Gasteiger partial charge in [-0.1, -0.05) is 19.1 Å². The Morgan fingerprint density at radius 2 is 2.09 bits per heavy atom. The first kappa shape index (κ1) is 21.9. The van der Waals surface area contributed by atoms with Crippen LogP contribution in [0.25, 0.3) is 0 Å². The molecule has 3 unspecified atom stereocenters. The summed E-state index contributed by atoms with van der Waals surface area (Å²) in [4.78, 5) is 12.7. The first-order chi connectivity index (χ1) is 15.5. The van der Waals surface area contributed by atoms with Crippen LogP contribution in [0.15, 0.2) is 23.4 Å². The molecule has 1 aromatic carbocycles. The number of benzene rings is 1. The van der Waals surface area contributed by atoms with E-state index in [4.69, 9.17) is 4.74 Å². The van der Waals surface area contributed by atoms with Crippen LogP contribution in [-0.2, 0) is 16.0 Å². The molecule has 2 saturated carbocycles. The van der Waals surface area contributed by atoms with E-state index in [9.17, 15) is 14.4 Å². The summed E-state index contributed by atoms with van der Waals surface area (Å²) in [6.45, 7) is 3.64. The lowest BCUT2D eigenvalue weighted by atomic mass is 9.54. The van der Waals surface area contributed by atoms with Crippen molar-refractivity contribution in [2.24, 2.45) is 28.3 Å². The molecule has 0 aromatic heterocycles. The molecule has 0 radical (unpaired) electrons. The van der Waals surface area contributed by atoms with E-state index >= 15 is 0 Å².